The molecule has 0 bridgehead atoms. The van der Waals surface area contributed by atoms with Gasteiger partial charge in [-0.25, -0.2) is 0 Å². The maximum atomic E-state index is 11.9. The van der Waals surface area contributed by atoms with E-state index in [-0.39, 0.29) is 18.8 Å². The number of carbonyl (C=O) groups excluding carboxylic acids is 2. The lowest BCUT2D eigenvalue weighted by atomic mass is 10.2. The molecule has 2 rings (SSSR count). The second kappa shape index (κ2) is 5.70. The molecule has 2 N–H and O–H groups in total. The van der Waals surface area contributed by atoms with Gasteiger partial charge in [0, 0.05) is 15.3 Å². The molecule has 5 nitrogen and oxygen atoms in total. The highest BCUT2D eigenvalue weighted by Gasteiger charge is 2.30. The number of imide groups is 1. The van der Waals surface area contributed by atoms with Crippen molar-refractivity contribution in [3.05, 3.63) is 39.1 Å². The fourth-order valence-corrected chi connectivity index (χ4v) is 2.25. The Bertz CT molecular complexity index is 569. The highest BCUT2D eigenvalue weighted by molar-refractivity contribution is 14.1. The van der Waals surface area contributed by atoms with Gasteiger partial charge in [0.2, 0.25) is 0 Å². The molecule has 0 aliphatic carbocycles. The first-order valence-corrected chi connectivity index (χ1v) is 6.82. The number of aliphatic hydroxyl groups is 1. The van der Waals surface area contributed by atoms with Gasteiger partial charge in [-0.3, -0.25) is 14.5 Å². The molecule has 1 aromatic carbocycles. The van der Waals surface area contributed by atoms with E-state index in [0.717, 1.165) is 19.7 Å². The molecule has 6 heteroatoms. The highest BCUT2D eigenvalue weighted by atomic mass is 127. The van der Waals surface area contributed by atoms with E-state index in [4.69, 9.17) is 5.11 Å². The summed E-state index contributed by atoms with van der Waals surface area (Å²) in [5.41, 5.74) is 2.14. The Morgan fingerprint density at radius 3 is 2.74 bits per heavy atom. The maximum absolute atomic E-state index is 11.9. The van der Waals surface area contributed by atoms with Crippen molar-refractivity contribution in [2.24, 2.45) is 0 Å². The van der Waals surface area contributed by atoms with E-state index in [0.29, 0.717) is 0 Å². The van der Waals surface area contributed by atoms with Gasteiger partial charge in [-0.2, -0.15) is 0 Å². The van der Waals surface area contributed by atoms with Gasteiger partial charge in [-0.1, -0.05) is 6.07 Å². The van der Waals surface area contributed by atoms with Gasteiger partial charge in [-0.15, -0.1) is 0 Å². The molecule has 0 saturated carbocycles. The van der Waals surface area contributed by atoms with Gasteiger partial charge in [0.05, 0.1) is 13.2 Å². The third-order valence-corrected chi connectivity index (χ3v) is 3.95. The van der Waals surface area contributed by atoms with Gasteiger partial charge in [-0.05, 0) is 47.2 Å². The van der Waals surface area contributed by atoms with Gasteiger partial charge >= 0.3 is 0 Å². The number of hydrogen-bond donors (Lipinski definition) is 2. The van der Waals surface area contributed by atoms with Crippen molar-refractivity contribution in [1.29, 1.82) is 0 Å². The first kappa shape index (κ1) is 14.0. The van der Waals surface area contributed by atoms with Crippen molar-refractivity contribution < 1.29 is 14.7 Å². The van der Waals surface area contributed by atoms with Crippen molar-refractivity contribution in [2.75, 3.05) is 18.5 Å². The van der Waals surface area contributed by atoms with E-state index in [9.17, 15) is 9.59 Å². The summed E-state index contributed by atoms with van der Waals surface area (Å²) in [6.45, 7) is 1.78. The molecule has 2 amide bonds. The van der Waals surface area contributed by atoms with Crippen LogP contribution in [-0.4, -0.2) is 35.0 Å². The number of benzene rings is 1. The van der Waals surface area contributed by atoms with Crippen LogP contribution < -0.4 is 5.32 Å². The molecular weight excluding hydrogens is 359 g/mol. The van der Waals surface area contributed by atoms with Crippen molar-refractivity contribution >= 4 is 40.1 Å². The van der Waals surface area contributed by atoms with Crippen LogP contribution in [0.15, 0.2) is 30.0 Å². The molecular formula is C13H13IN2O3. The topological polar surface area (TPSA) is 69.6 Å². The monoisotopic (exact) mass is 372 g/mol. The van der Waals surface area contributed by atoms with Crippen LogP contribution in [0.25, 0.3) is 0 Å². The second-order valence-corrected chi connectivity index (χ2v) is 5.33. The SMILES string of the molecule is Cc1ccc(NC2=CC(=O)N(CCO)C2=O)cc1I. The third-order valence-electron chi connectivity index (χ3n) is 2.78. The Kier molecular flexibility index (Phi) is 4.20. The third kappa shape index (κ3) is 2.95. The number of aryl methyl sites for hydroxylation is 1. The molecule has 1 aromatic rings. The van der Waals surface area contributed by atoms with Crippen LogP contribution in [0.4, 0.5) is 5.69 Å². The lowest BCUT2D eigenvalue weighted by Gasteiger charge is -2.13. The van der Waals surface area contributed by atoms with E-state index in [2.05, 4.69) is 27.9 Å². The molecule has 0 saturated heterocycles. The predicted molar refractivity (Wildman–Crippen MR) is 79.4 cm³/mol. The van der Waals surface area contributed by atoms with Gasteiger partial charge in [0.1, 0.15) is 5.70 Å². The Labute approximate surface area is 124 Å². The number of β-amino-alcohol motifs (C(OH)–C–C–N with tert-alkyl or cyclic N) is 1. The van der Waals surface area contributed by atoms with E-state index in [1.165, 1.54) is 6.08 Å². The molecule has 0 unspecified atom stereocenters. The summed E-state index contributed by atoms with van der Waals surface area (Å²) in [6, 6.07) is 5.70. The number of nitrogens with one attached hydrogen (secondary N) is 1. The van der Waals surface area contributed by atoms with Gasteiger partial charge < -0.3 is 10.4 Å². The lowest BCUT2D eigenvalue weighted by Crippen LogP contribution is -2.34. The van der Waals surface area contributed by atoms with Crippen LogP contribution >= 0.6 is 22.6 Å². The second-order valence-electron chi connectivity index (χ2n) is 4.17. The van der Waals surface area contributed by atoms with E-state index in [1.807, 2.05) is 25.1 Å². The Balaban J connectivity index is 2.16. The normalized spacial score (nSPS) is 14.9. The largest absolute Gasteiger partial charge is 0.395 e. The van der Waals surface area contributed by atoms with Crippen LogP contribution in [0.1, 0.15) is 5.56 Å². The van der Waals surface area contributed by atoms with Crippen molar-refractivity contribution in [3.8, 4) is 0 Å². The summed E-state index contributed by atoms with van der Waals surface area (Å²) >= 11 is 2.21. The Morgan fingerprint density at radius 2 is 2.11 bits per heavy atom. The molecule has 0 atom stereocenters. The summed E-state index contributed by atoms with van der Waals surface area (Å²) in [7, 11) is 0. The number of amides is 2. The van der Waals surface area contributed by atoms with Gasteiger partial charge in [0.15, 0.2) is 0 Å². The lowest BCUT2D eigenvalue weighted by molar-refractivity contribution is -0.137. The minimum Gasteiger partial charge on any atom is -0.395 e. The van der Waals surface area contributed by atoms with Crippen molar-refractivity contribution in [2.45, 2.75) is 6.92 Å². The summed E-state index contributed by atoms with van der Waals surface area (Å²) in [6.07, 6.45) is 1.25. The van der Waals surface area contributed by atoms with Crippen LogP contribution in [0.2, 0.25) is 0 Å². The highest BCUT2D eigenvalue weighted by Crippen LogP contribution is 2.20. The summed E-state index contributed by atoms with van der Waals surface area (Å²) < 4.78 is 1.08. The number of rotatable bonds is 4. The number of carbonyl (C=O) groups is 2. The standard InChI is InChI=1S/C13H13IN2O3/c1-8-2-3-9(6-10(8)14)15-11-7-12(18)16(4-5-17)13(11)19/h2-3,6-7,15,17H,4-5H2,1H3. The predicted octanol–water partition coefficient (Wildman–Crippen LogP) is 1.26. The zero-order valence-electron chi connectivity index (χ0n) is 10.3. The van der Waals surface area contributed by atoms with Crippen LogP contribution in [-0.2, 0) is 9.59 Å². The number of nitrogens with zero attached hydrogens (tertiary/aromatic N) is 1. The Hall–Kier alpha value is -1.41. The molecule has 0 spiro atoms. The van der Waals surface area contributed by atoms with E-state index in [1.54, 1.807) is 0 Å². The number of aliphatic hydroxyl groups excluding tert-OH is 1. The first-order chi connectivity index (χ1) is 9.02. The smallest absolute Gasteiger partial charge is 0.277 e. The summed E-state index contributed by atoms with van der Waals surface area (Å²) in [5.74, 6) is -0.807. The van der Waals surface area contributed by atoms with Crippen molar-refractivity contribution in [3.63, 3.8) is 0 Å². The summed E-state index contributed by atoms with van der Waals surface area (Å²) in [5, 5.41) is 11.8. The molecule has 0 aromatic heterocycles. The molecule has 1 aliphatic heterocycles. The number of halogens is 1. The Morgan fingerprint density at radius 1 is 1.37 bits per heavy atom. The molecule has 1 heterocycles. The number of hydrogen-bond acceptors (Lipinski definition) is 4. The molecule has 19 heavy (non-hydrogen) atoms. The average molecular weight is 372 g/mol. The minimum atomic E-state index is -0.408. The van der Waals surface area contributed by atoms with Crippen LogP contribution in [0, 0.1) is 10.5 Å². The molecule has 100 valence electrons. The van der Waals surface area contributed by atoms with E-state index >= 15 is 0 Å². The zero-order chi connectivity index (χ0) is 14.0. The van der Waals surface area contributed by atoms with Crippen LogP contribution in [0.3, 0.4) is 0 Å². The van der Waals surface area contributed by atoms with Crippen LogP contribution in [0.5, 0.6) is 0 Å². The minimum absolute atomic E-state index is 0.0186. The molecule has 0 fully saturated rings. The fourth-order valence-electron chi connectivity index (χ4n) is 1.74. The van der Waals surface area contributed by atoms with Gasteiger partial charge in [0.25, 0.3) is 11.8 Å². The maximum Gasteiger partial charge on any atom is 0.277 e. The zero-order valence-corrected chi connectivity index (χ0v) is 12.5. The van der Waals surface area contributed by atoms with Crippen molar-refractivity contribution in [1.82, 2.24) is 4.90 Å². The molecule has 1 aliphatic rings. The quantitative estimate of drug-likeness (QED) is 0.617. The van der Waals surface area contributed by atoms with E-state index < -0.39 is 11.8 Å². The molecule has 0 radical (unpaired) electrons. The fraction of sp³-hybridized carbons (Fsp3) is 0.231. The summed E-state index contributed by atoms with van der Waals surface area (Å²) in [4.78, 5) is 24.5. The first-order valence-electron chi connectivity index (χ1n) is 5.74. The average Bonchev–Trinajstić information content (AvgIpc) is 2.62. The number of anilines is 1.